The average Bonchev–Trinajstić information content (AvgIpc) is 3.26. The van der Waals surface area contributed by atoms with Crippen LogP contribution in [0.15, 0.2) is 47.4 Å². The summed E-state index contributed by atoms with van der Waals surface area (Å²) < 4.78 is 38.3. The normalized spacial score (nSPS) is 15.3. The lowest BCUT2D eigenvalue weighted by Crippen LogP contribution is -2.31. The van der Waals surface area contributed by atoms with E-state index < -0.39 is 27.6 Å². The van der Waals surface area contributed by atoms with E-state index in [4.69, 9.17) is 0 Å². The molecule has 0 radical (unpaired) electrons. The van der Waals surface area contributed by atoms with Crippen molar-refractivity contribution in [1.29, 1.82) is 0 Å². The molecule has 0 aliphatic carbocycles. The summed E-state index contributed by atoms with van der Waals surface area (Å²) in [6.45, 7) is 2.80. The Kier molecular flexibility index (Phi) is 6.54. The van der Waals surface area contributed by atoms with Crippen LogP contribution in [0.2, 0.25) is 0 Å². The van der Waals surface area contributed by atoms with Gasteiger partial charge in [0.15, 0.2) is 9.84 Å². The SMILES string of the molecule is CCS(=O)(=O)c1ccc([C@H](CO)NC(=O)c2ccc(N3CCCC3)c(F)c2)cc1. The highest BCUT2D eigenvalue weighted by atomic mass is 32.2. The van der Waals surface area contributed by atoms with Crippen molar-refractivity contribution in [3.63, 3.8) is 0 Å². The molecule has 0 aromatic heterocycles. The number of carbonyl (C=O) groups excluding carboxylic acids is 1. The Labute approximate surface area is 170 Å². The first-order chi connectivity index (χ1) is 13.9. The topological polar surface area (TPSA) is 86.7 Å². The standard InChI is InChI=1S/C21H25FN2O4S/c1-2-29(27,28)17-8-5-15(6-9-17)19(14-25)23-21(26)16-7-10-20(18(22)13-16)24-11-3-4-12-24/h5-10,13,19,25H,2-4,11-12,14H2,1H3,(H,23,26)/t19-/m0/s1. The van der Waals surface area contributed by atoms with Crippen LogP contribution in [0.4, 0.5) is 10.1 Å². The molecule has 1 amide bonds. The molecular formula is C21H25FN2O4S. The second kappa shape index (κ2) is 8.92. The van der Waals surface area contributed by atoms with Gasteiger partial charge in [0.25, 0.3) is 5.91 Å². The summed E-state index contributed by atoms with van der Waals surface area (Å²) in [6.07, 6.45) is 2.05. The van der Waals surface area contributed by atoms with Crippen molar-refractivity contribution >= 4 is 21.4 Å². The monoisotopic (exact) mass is 420 g/mol. The molecule has 0 spiro atoms. The first-order valence-electron chi connectivity index (χ1n) is 9.64. The molecule has 0 unspecified atom stereocenters. The van der Waals surface area contributed by atoms with Crippen molar-refractivity contribution in [3.05, 3.63) is 59.4 Å². The van der Waals surface area contributed by atoms with Crippen LogP contribution in [0, 0.1) is 5.82 Å². The van der Waals surface area contributed by atoms with E-state index >= 15 is 0 Å². The number of hydrogen-bond acceptors (Lipinski definition) is 5. The zero-order valence-electron chi connectivity index (χ0n) is 16.3. The molecule has 2 aromatic rings. The predicted octanol–water partition coefficient (Wildman–Crippen LogP) is 2.68. The van der Waals surface area contributed by atoms with Crippen LogP contribution >= 0.6 is 0 Å². The van der Waals surface area contributed by atoms with Crippen LogP contribution in [0.1, 0.15) is 41.7 Å². The van der Waals surface area contributed by atoms with Gasteiger partial charge in [-0.05, 0) is 48.7 Å². The third-order valence-electron chi connectivity index (χ3n) is 5.17. The second-order valence-corrected chi connectivity index (χ2v) is 9.32. The molecule has 0 bridgehead atoms. The molecule has 2 N–H and O–H groups in total. The minimum Gasteiger partial charge on any atom is -0.394 e. The minimum absolute atomic E-state index is 0.00843. The summed E-state index contributed by atoms with van der Waals surface area (Å²) in [5.74, 6) is -0.971. The smallest absolute Gasteiger partial charge is 0.251 e. The first-order valence-corrected chi connectivity index (χ1v) is 11.3. The number of nitrogens with zero attached hydrogens (tertiary/aromatic N) is 1. The van der Waals surface area contributed by atoms with Gasteiger partial charge in [0, 0.05) is 18.7 Å². The van der Waals surface area contributed by atoms with Gasteiger partial charge in [-0.25, -0.2) is 12.8 Å². The number of carbonyl (C=O) groups is 1. The highest BCUT2D eigenvalue weighted by Gasteiger charge is 2.20. The van der Waals surface area contributed by atoms with Crippen LogP contribution in [-0.4, -0.2) is 44.9 Å². The number of rotatable bonds is 7. The number of sulfone groups is 1. The lowest BCUT2D eigenvalue weighted by atomic mass is 10.1. The number of aliphatic hydroxyl groups is 1. The van der Waals surface area contributed by atoms with E-state index in [1.54, 1.807) is 31.2 Å². The molecular weight excluding hydrogens is 395 g/mol. The molecule has 1 aliphatic heterocycles. The van der Waals surface area contributed by atoms with Crippen LogP contribution in [-0.2, 0) is 9.84 Å². The second-order valence-electron chi connectivity index (χ2n) is 7.04. The average molecular weight is 421 g/mol. The summed E-state index contributed by atoms with van der Waals surface area (Å²) in [7, 11) is -3.32. The summed E-state index contributed by atoms with van der Waals surface area (Å²) in [4.78, 5) is 14.7. The van der Waals surface area contributed by atoms with Gasteiger partial charge < -0.3 is 15.3 Å². The molecule has 2 aromatic carbocycles. The number of benzene rings is 2. The number of amides is 1. The van der Waals surface area contributed by atoms with Gasteiger partial charge in [-0.1, -0.05) is 19.1 Å². The highest BCUT2D eigenvalue weighted by molar-refractivity contribution is 7.91. The Hall–Kier alpha value is -2.45. The fourth-order valence-electron chi connectivity index (χ4n) is 3.41. The van der Waals surface area contributed by atoms with E-state index in [-0.39, 0.29) is 22.8 Å². The number of hydrogen-bond donors (Lipinski definition) is 2. The molecule has 1 heterocycles. The molecule has 1 fully saturated rings. The number of halogens is 1. The maximum Gasteiger partial charge on any atom is 0.251 e. The van der Waals surface area contributed by atoms with E-state index in [0.717, 1.165) is 25.9 Å². The Morgan fingerprint density at radius 2 is 1.83 bits per heavy atom. The molecule has 0 saturated carbocycles. The van der Waals surface area contributed by atoms with Crippen molar-refractivity contribution < 1.29 is 22.7 Å². The number of anilines is 1. The summed E-state index contributed by atoms with van der Waals surface area (Å²) in [6, 6.07) is 9.66. The van der Waals surface area contributed by atoms with Crippen molar-refractivity contribution in [2.24, 2.45) is 0 Å². The van der Waals surface area contributed by atoms with Crippen molar-refractivity contribution in [2.75, 3.05) is 30.3 Å². The fourth-order valence-corrected chi connectivity index (χ4v) is 4.30. The zero-order valence-corrected chi connectivity index (χ0v) is 17.1. The molecule has 8 heteroatoms. The van der Waals surface area contributed by atoms with Crippen molar-refractivity contribution in [1.82, 2.24) is 5.32 Å². The molecule has 1 saturated heterocycles. The molecule has 156 valence electrons. The maximum atomic E-state index is 14.5. The van der Waals surface area contributed by atoms with Crippen molar-refractivity contribution in [2.45, 2.75) is 30.7 Å². The van der Waals surface area contributed by atoms with Gasteiger partial charge in [-0.3, -0.25) is 4.79 Å². The predicted molar refractivity (Wildman–Crippen MR) is 109 cm³/mol. The van der Waals surface area contributed by atoms with Gasteiger partial charge in [-0.2, -0.15) is 0 Å². The third-order valence-corrected chi connectivity index (χ3v) is 6.92. The van der Waals surface area contributed by atoms with Crippen molar-refractivity contribution in [3.8, 4) is 0 Å². The largest absolute Gasteiger partial charge is 0.394 e. The Morgan fingerprint density at radius 3 is 2.38 bits per heavy atom. The lowest BCUT2D eigenvalue weighted by Gasteiger charge is -2.20. The molecule has 6 nitrogen and oxygen atoms in total. The highest BCUT2D eigenvalue weighted by Crippen LogP contribution is 2.25. The lowest BCUT2D eigenvalue weighted by molar-refractivity contribution is 0.0915. The molecule has 3 rings (SSSR count). The van der Waals surface area contributed by atoms with E-state index in [0.29, 0.717) is 11.3 Å². The van der Waals surface area contributed by atoms with E-state index in [1.165, 1.54) is 18.2 Å². The van der Waals surface area contributed by atoms with Crippen LogP contribution in [0.25, 0.3) is 0 Å². The quantitative estimate of drug-likeness (QED) is 0.719. The van der Waals surface area contributed by atoms with E-state index in [1.807, 2.05) is 4.90 Å². The number of nitrogens with one attached hydrogen (secondary N) is 1. The molecule has 1 aliphatic rings. The zero-order chi connectivity index (χ0) is 21.0. The Balaban J connectivity index is 1.73. The van der Waals surface area contributed by atoms with Gasteiger partial charge in [-0.15, -0.1) is 0 Å². The minimum atomic E-state index is -3.32. The van der Waals surface area contributed by atoms with Crippen LogP contribution in [0.3, 0.4) is 0 Å². The molecule has 1 atom stereocenters. The summed E-state index contributed by atoms with van der Waals surface area (Å²) >= 11 is 0. The first kappa shape index (κ1) is 21.3. The Bertz CT molecular complexity index is 971. The van der Waals surface area contributed by atoms with Gasteiger partial charge in [0.2, 0.25) is 0 Å². The van der Waals surface area contributed by atoms with Gasteiger partial charge in [0.1, 0.15) is 5.82 Å². The maximum absolute atomic E-state index is 14.5. The third kappa shape index (κ3) is 4.76. The summed E-state index contributed by atoms with van der Waals surface area (Å²) in [5, 5.41) is 12.3. The Morgan fingerprint density at radius 1 is 1.17 bits per heavy atom. The molecule has 29 heavy (non-hydrogen) atoms. The van der Waals surface area contributed by atoms with Crippen LogP contribution in [0.5, 0.6) is 0 Å². The van der Waals surface area contributed by atoms with E-state index in [2.05, 4.69) is 5.32 Å². The number of aliphatic hydroxyl groups excluding tert-OH is 1. The summed E-state index contributed by atoms with van der Waals surface area (Å²) in [5.41, 5.74) is 1.21. The fraction of sp³-hybridized carbons (Fsp3) is 0.381. The van der Waals surface area contributed by atoms with Crippen LogP contribution < -0.4 is 10.2 Å². The van der Waals surface area contributed by atoms with E-state index in [9.17, 15) is 22.7 Å². The van der Waals surface area contributed by atoms with Gasteiger partial charge >= 0.3 is 0 Å². The van der Waals surface area contributed by atoms with Gasteiger partial charge in [0.05, 0.1) is 29.0 Å².